The van der Waals surface area contributed by atoms with Crippen LogP contribution in [0.4, 0.5) is 10.5 Å². The van der Waals surface area contributed by atoms with Crippen molar-refractivity contribution in [2.45, 2.75) is 38.2 Å². The lowest BCUT2D eigenvalue weighted by Gasteiger charge is -2.44. The number of ether oxygens (including phenoxy) is 1. The van der Waals surface area contributed by atoms with E-state index in [-0.39, 0.29) is 18.4 Å². The van der Waals surface area contributed by atoms with E-state index in [2.05, 4.69) is 17.0 Å². The second-order valence-electron chi connectivity index (χ2n) is 9.24. The Morgan fingerprint density at radius 3 is 2.28 bits per heavy atom. The van der Waals surface area contributed by atoms with Crippen LogP contribution in [0, 0.1) is 11.8 Å². The minimum absolute atomic E-state index is 0.0672. The minimum Gasteiger partial charge on any atom is -0.443 e. The SMILES string of the molecule is C[C@@]1(OC(=O)N2CCC2)CC[C@H](C(=O)N2CCN(c3ccccc3)CC2)[C@@H](C(=O)NO)C1. The van der Waals surface area contributed by atoms with E-state index < -0.39 is 23.3 Å². The molecule has 3 fully saturated rings. The molecule has 2 heterocycles. The number of hydrogen-bond acceptors (Lipinski definition) is 6. The van der Waals surface area contributed by atoms with Crippen LogP contribution in [0.25, 0.3) is 0 Å². The number of para-hydroxylation sites is 1. The Labute approximate surface area is 188 Å². The standard InChI is InChI=1S/C23H32N4O5/c1-23(32-22(30)27-10-5-11-27)9-8-18(19(16-23)20(28)24-31)21(29)26-14-12-25(13-15-26)17-6-3-2-4-7-17/h2-4,6-7,18-19,31H,5,8-16H2,1H3,(H,24,28)/t18-,19-,23+/m0/s1. The van der Waals surface area contributed by atoms with Crippen LogP contribution in [0.2, 0.25) is 0 Å². The number of hydroxylamine groups is 1. The van der Waals surface area contributed by atoms with E-state index in [1.807, 2.05) is 30.0 Å². The number of carbonyl (C=O) groups is 3. The van der Waals surface area contributed by atoms with E-state index in [0.717, 1.165) is 25.2 Å². The number of carbonyl (C=O) groups excluding carboxylic acids is 3. The Hall–Kier alpha value is -2.81. The number of piperazine rings is 1. The average molecular weight is 445 g/mol. The zero-order valence-corrected chi connectivity index (χ0v) is 18.5. The fourth-order valence-electron chi connectivity index (χ4n) is 4.95. The molecule has 0 aromatic heterocycles. The van der Waals surface area contributed by atoms with Crippen molar-refractivity contribution < 1.29 is 24.3 Å². The van der Waals surface area contributed by atoms with Crippen molar-refractivity contribution in [3.63, 3.8) is 0 Å². The molecule has 0 bridgehead atoms. The molecule has 4 rings (SSSR count). The van der Waals surface area contributed by atoms with E-state index in [4.69, 9.17) is 4.74 Å². The third-order valence-corrected chi connectivity index (χ3v) is 7.05. The van der Waals surface area contributed by atoms with Crippen LogP contribution in [0.1, 0.15) is 32.6 Å². The van der Waals surface area contributed by atoms with Crippen LogP contribution in [-0.4, -0.2) is 77.8 Å². The van der Waals surface area contributed by atoms with E-state index in [1.54, 1.807) is 10.4 Å². The summed E-state index contributed by atoms with van der Waals surface area (Å²) in [5.41, 5.74) is 2.01. The van der Waals surface area contributed by atoms with Gasteiger partial charge in [0.05, 0.1) is 11.8 Å². The summed E-state index contributed by atoms with van der Waals surface area (Å²) in [5.74, 6) is -1.96. The highest BCUT2D eigenvalue weighted by Gasteiger charge is 2.48. The van der Waals surface area contributed by atoms with Crippen LogP contribution in [0.5, 0.6) is 0 Å². The van der Waals surface area contributed by atoms with Crippen molar-refractivity contribution in [2.24, 2.45) is 11.8 Å². The molecule has 0 unspecified atom stereocenters. The molecule has 32 heavy (non-hydrogen) atoms. The zero-order valence-electron chi connectivity index (χ0n) is 18.5. The highest BCUT2D eigenvalue weighted by Crippen LogP contribution is 2.40. The molecule has 1 saturated carbocycles. The Kier molecular flexibility index (Phi) is 6.55. The summed E-state index contributed by atoms with van der Waals surface area (Å²) in [4.78, 5) is 43.9. The lowest BCUT2D eigenvalue weighted by atomic mass is 9.71. The first-order valence-electron chi connectivity index (χ1n) is 11.4. The molecule has 1 aromatic rings. The van der Waals surface area contributed by atoms with Gasteiger partial charge in [0.2, 0.25) is 11.8 Å². The van der Waals surface area contributed by atoms with Gasteiger partial charge < -0.3 is 19.4 Å². The number of hydrogen-bond donors (Lipinski definition) is 2. The molecule has 3 amide bonds. The smallest absolute Gasteiger partial charge is 0.410 e. The topological polar surface area (TPSA) is 102 Å². The monoisotopic (exact) mass is 444 g/mol. The Balaban J connectivity index is 1.39. The van der Waals surface area contributed by atoms with Crippen molar-refractivity contribution in [2.75, 3.05) is 44.2 Å². The molecule has 1 aliphatic carbocycles. The average Bonchev–Trinajstić information content (AvgIpc) is 2.77. The minimum atomic E-state index is -0.841. The maximum absolute atomic E-state index is 13.4. The highest BCUT2D eigenvalue weighted by atomic mass is 16.6. The third kappa shape index (κ3) is 4.67. The summed E-state index contributed by atoms with van der Waals surface area (Å²) >= 11 is 0. The molecule has 2 saturated heterocycles. The highest BCUT2D eigenvalue weighted by molar-refractivity contribution is 5.88. The molecule has 3 atom stereocenters. The number of nitrogens with zero attached hydrogens (tertiary/aromatic N) is 3. The van der Waals surface area contributed by atoms with E-state index in [9.17, 15) is 19.6 Å². The van der Waals surface area contributed by atoms with Crippen molar-refractivity contribution in [3.8, 4) is 0 Å². The van der Waals surface area contributed by atoms with Crippen LogP contribution < -0.4 is 10.4 Å². The first kappa shape index (κ1) is 22.4. The second kappa shape index (κ2) is 9.36. The maximum Gasteiger partial charge on any atom is 0.410 e. The first-order valence-corrected chi connectivity index (χ1v) is 11.4. The zero-order chi connectivity index (χ0) is 22.7. The number of rotatable bonds is 4. The number of anilines is 1. The molecule has 3 aliphatic rings. The fourth-order valence-corrected chi connectivity index (χ4v) is 4.95. The van der Waals surface area contributed by atoms with E-state index >= 15 is 0 Å². The van der Waals surface area contributed by atoms with Crippen molar-refractivity contribution in [1.82, 2.24) is 15.3 Å². The van der Waals surface area contributed by atoms with Crippen molar-refractivity contribution in [3.05, 3.63) is 30.3 Å². The molecule has 2 N–H and O–H groups in total. The molecule has 174 valence electrons. The van der Waals surface area contributed by atoms with Gasteiger partial charge in [-0.3, -0.25) is 14.8 Å². The predicted molar refractivity (Wildman–Crippen MR) is 117 cm³/mol. The Morgan fingerprint density at radius 1 is 1.00 bits per heavy atom. The summed E-state index contributed by atoms with van der Waals surface area (Å²) in [6.45, 7) is 5.80. The summed E-state index contributed by atoms with van der Waals surface area (Å²) < 4.78 is 5.74. The largest absolute Gasteiger partial charge is 0.443 e. The summed E-state index contributed by atoms with van der Waals surface area (Å²) in [6, 6.07) is 10.1. The number of likely N-dealkylation sites (tertiary alicyclic amines) is 1. The van der Waals surface area contributed by atoms with Gasteiger partial charge in [-0.05, 0) is 44.7 Å². The van der Waals surface area contributed by atoms with E-state index in [0.29, 0.717) is 39.0 Å². The van der Waals surface area contributed by atoms with Crippen molar-refractivity contribution >= 4 is 23.6 Å². The molecule has 0 spiro atoms. The summed E-state index contributed by atoms with van der Waals surface area (Å²) in [5, 5.41) is 9.30. The molecule has 2 aliphatic heterocycles. The normalized spacial score (nSPS) is 28.0. The van der Waals surface area contributed by atoms with Gasteiger partial charge in [-0.1, -0.05) is 18.2 Å². The molecule has 1 aromatic carbocycles. The lowest BCUT2D eigenvalue weighted by Crippen LogP contribution is -2.55. The number of amides is 3. The molecular formula is C23H32N4O5. The third-order valence-electron chi connectivity index (χ3n) is 7.05. The number of benzene rings is 1. The molecular weight excluding hydrogens is 412 g/mol. The van der Waals surface area contributed by atoms with Gasteiger partial charge in [0.1, 0.15) is 5.60 Å². The van der Waals surface area contributed by atoms with Gasteiger partial charge in [0.15, 0.2) is 0 Å². The van der Waals surface area contributed by atoms with Crippen LogP contribution in [0.15, 0.2) is 30.3 Å². The van der Waals surface area contributed by atoms with Gasteiger partial charge in [-0.15, -0.1) is 0 Å². The van der Waals surface area contributed by atoms with Crippen LogP contribution in [0.3, 0.4) is 0 Å². The quantitative estimate of drug-likeness (QED) is 0.543. The summed E-state index contributed by atoms with van der Waals surface area (Å²) in [7, 11) is 0. The maximum atomic E-state index is 13.4. The summed E-state index contributed by atoms with van der Waals surface area (Å²) in [6.07, 6.45) is 1.74. The van der Waals surface area contributed by atoms with Gasteiger partial charge in [-0.2, -0.15) is 0 Å². The lowest BCUT2D eigenvalue weighted by molar-refractivity contribution is -0.152. The van der Waals surface area contributed by atoms with Crippen molar-refractivity contribution in [1.29, 1.82) is 0 Å². The van der Waals surface area contributed by atoms with Gasteiger partial charge in [0, 0.05) is 45.0 Å². The molecule has 0 radical (unpaired) electrons. The van der Waals surface area contributed by atoms with E-state index in [1.165, 1.54) is 0 Å². The molecule has 9 heteroatoms. The van der Waals surface area contributed by atoms with Gasteiger partial charge >= 0.3 is 6.09 Å². The Morgan fingerprint density at radius 2 is 1.69 bits per heavy atom. The van der Waals surface area contributed by atoms with Crippen LogP contribution in [-0.2, 0) is 14.3 Å². The predicted octanol–water partition coefficient (Wildman–Crippen LogP) is 1.86. The van der Waals surface area contributed by atoms with Crippen LogP contribution >= 0.6 is 0 Å². The fraction of sp³-hybridized carbons (Fsp3) is 0.609. The first-order chi connectivity index (χ1) is 15.4. The second-order valence-corrected chi connectivity index (χ2v) is 9.24. The molecule has 9 nitrogen and oxygen atoms in total. The van der Waals surface area contributed by atoms with Gasteiger partial charge in [0.25, 0.3) is 0 Å². The number of nitrogens with one attached hydrogen (secondary N) is 1. The van der Waals surface area contributed by atoms with Gasteiger partial charge in [-0.25, -0.2) is 10.3 Å². The Bertz CT molecular complexity index is 838.